The molecule has 0 aliphatic rings. The number of unbranched alkanes of at least 4 members (excludes halogenated alkanes) is 6. The number of ether oxygens (including phenoxy) is 1. The molecule has 4 nitrogen and oxygen atoms in total. The summed E-state index contributed by atoms with van der Waals surface area (Å²) < 4.78 is 59.8. The van der Waals surface area contributed by atoms with Gasteiger partial charge in [0.2, 0.25) is 0 Å². The van der Waals surface area contributed by atoms with Crippen molar-refractivity contribution in [2.75, 3.05) is 0 Å². The predicted molar refractivity (Wildman–Crippen MR) is 108 cm³/mol. The molecule has 168 valence electrons. The minimum Gasteiger partial charge on any atom is -0.463 e. The smallest absolute Gasteiger partial charge is 0.405 e. The van der Waals surface area contributed by atoms with E-state index in [1.807, 2.05) is 0 Å². The Morgan fingerprint density at radius 2 is 1.50 bits per heavy atom. The maximum Gasteiger partial charge on any atom is 0.405 e. The summed E-state index contributed by atoms with van der Waals surface area (Å²) in [4.78, 5) is 12.4. The zero-order chi connectivity index (χ0) is 22.0. The SMILES string of the molecule is CCCCCCCCC[C@@H](C(=O)OC(C)C)[C@@H](N[S@](=O)C(C)(C)C)C(F)(F)F. The Morgan fingerprint density at radius 3 is 1.93 bits per heavy atom. The van der Waals surface area contributed by atoms with Gasteiger partial charge >= 0.3 is 12.1 Å². The Morgan fingerprint density at radius 1 is 1.00 bits per heavy atom. The number of esters is 1. The summed E-state index contributed by atoms with van der Waals surface area (Å²) in [6.45, 7) is 10.1. The van der Waals surface area contributed by atoms with E-state index in [0.717, 1.165) is 38.5 Å². The molecule has 0 radical (unpaired) electrons. The molecule has 0 aliphatic heterocycles. The number of hydrogen-bond acceptors (Lipinski definition) is 3. The van der Waals surface area contributed by atoms with Crippen LogP contribution < -0.4 is 4.72 Å². The molecule has 1 N–H and O–H groups in total. The first-order chi connectivity index (χ1) is 12.8. The van der Waals surface area contributed by atoms with Crippen LogP contribution in [0, 0.1) is 5.92 Å². The maximum absolute atomic E-state index is 13.7. The van der Waals surface area contributed by atoms with Crippen LogP contribution in [0.1, 0.15) is 92.9 Å². The fourth-order valence-corrected chi connectivity index (χ4v) is 3.61. The standard InChI is InChI=1S/C20H38F3NO3S/c1-7-8-9-10-11-12-13-14-16(18(25)27-15(2)3)17(20(21,22)23)24-28(26)19(4,5)6/h15-17,24H,7-14H2,1-6H3/t16-,17-,28-/m1/s1. The first-order valence-corrected chi connectivity index (χ1v) is 11.4. The largest absolute Gasteiger partial charge is 0.463 e. The Bertz CT molecular complexity index is 476. The normalized spacial score (nSPS) is 16.1. The minimum absolute atomic E-state index is 0.0534. The van der Waals surface area contributed by atoms with Gasteiger partial charge in [-0.2, -0.15) is 13.2 Å². The van der Waals surface area contributed by atoms with Crippen LogP contribution in [0.15, 0.2) is 0 Å². The van der Waals surface area contributed by atoms with Crippen LogP contribution in [0.5, 0.6) is 0 Å². The number of carbonyl (C=O) groups is 1. The minimum atomic E-state index is -4.71. The fraction of sp³-hybridized carbons (Fsp3) is 0.950. The number of halogens is 3. The van der Waals surface area contributed by atoms with Crippen LogP contribution in [0.25, 0.3) is 0 Å². The summed E-state index contributed by atoms with van der Waals surface area (Å²) in [6.07, 6.45) is 1.49. The molecule has 0 aromatic carbocycles. The van der Waals surface area contributed by atoms with Crippen molar-refractivity contribution in [2.24, 2.45) is 5.92 Å². The third-order valence-electron chi connectivity index (χ3n) is 4.32. The zero-order valence-electron chi connectivity index (χ0n) is 18.2. The summed E-state index contributed by atoms with van der Waals surface area (Å²) in [5.41, 5.74) is 0. The molecule has 0 spiro atoms. The average Bonchev–Trinajstić information content (AvgIpc) is 2.53. The maximum atomic E-state index is 13.7. The van der Waals surface area contributed by atoms with E-state index in [1.165, 1.54) is 0 Å². The molecule has 3 atom stereocenters. The fourth-order valence-electron chi connectivity index (χ4n) is 2.73. The van der Waals surface area contributed by atoms with Crippen LogP contribution >= 0.6 is 0 Å². The quantitative estimate of drug-likeness (QED) is 0.303. The molecule has 0 aromatic rings. The molecule has 0 aromatic heterocycles. The van der Waals surface area contributed by atoms with Crippen LogP contribution in [0.2, 0.25) is 0 Å². The number of nitrogens with one attached hydrogen (secondary N) is 1. The summed E-state index contributed by atoms with van der Waals surface area (Å²) in [6, 6.07) is -2.20. The van der Waals surface area contributed by atoms with Gasteiger partial charge in [0.25, 0.3) is 0 Å². The number of hydrogen-bond donors (Lipinski definition) is 1. The Hall–Kier alpha value is -0.630. The van der Waals surface area contributed by atoms with Crippen molar-refractivity contribution in [2.45, 2.75) is 116 Å². The second-order valence-electron chi connectivity index (χ2n) is 8.52. The lowest BCUT2D eigenvalue weighted by Gasteiger charge is -2.31. The summed E-state index contributed by atoms with van der Waals surface area (Å²) in [5.74, 6) is -2.30. The van der Waals surface area contributed by atoms with Gasteiger partial charge in [-0.3, -0.25) is 4.79 Å². The van der Waals surface area contributed by atoms with E-state index in [9.17, 15) is 22.2 Å². The van der Waals surface area contributed by atoms with Crippen molar-refractivity contribution in [3.63, 3.8) is 0 Å². The van der Waals surface area contributed by atoms with Gasteiger partial charge in [-0.1, -0.05) is 51.9 Å². The number of alkyl halides is 3. The van der Waals surface area contributed by atoms with Crippen molar-refractivity contribution in [1.29, 1.82) is 0 Å². The summed E-state index contributed by atoms with van der Waals surface area (Å²) >= 11 is 0. The molecular weight excluding hydrogens is 391 g/mol. The molecule has 0 heterocycles. The van der Waals surface area contributed by atoms with E-state index < -0.39 is 45.9 Å². The zero-order valence-corrected chi connectivity index (χ0v) is 19.0. The van der Waals surface area contributed by atoms with Crippen molar-refractivity contribution < 1.29 is 26.9 Å². The molecule has 0 saturated heterocycles. The van der Waals surface area contributed by atoms with Crippen molar-refractivity contribution in [3.05, 3.63) is 0 Å². The highest BCUT2D eigenvalue weighted by Crippen LogP contribution is 2.31. The third kappa shape index (κ3) is 11.4. The van der Waals surface area contributed by atoms with E-state index in [2.05, 4.69) is 11.6 Å². The monoisotopic (exact) mass is 429 g/mol. The molecule has 0 aliphatic carbocycles. The van der Waals surface area contributed by atoms with Gasteiger partial charge in [-0.15, -0.1) is 0 Å². The highest BCUT2D eigenvalue weighted by molar-refractivity contribution is 7.84. The topological polar surface area (TPSA) is 55.4 Å². The van der Waals surface area contributed by atoms with Gasteiger partial charge < -0.3 is 4.74 Å². The number of rotatable bonds is 13. The van der Waals surface area contributed by atoms with Gasteiger partial charge in [-0.25, -0.2) is 8.93 Å². The first kappa shape index (κ1) is 27.4. The second kappa shape index (κ2) is 12.8. The molecule has 28 heavy (non-hydrogen) atoms. The average molecular weight is 430 g/mol. The van der Waals surface area contributed by atoms with Crippen molar-refractivity contribution in [1.82, 2.24) is 4.72 Å². The lowest BCUT2D eigenvalue weighted by molar-refractivity contribution is -0.181. The van der Waals surface area contributed by atoms with Crippen molar-refractivity contribution in [3.8, 4) is 0 Å². The van der Waals surface area contributed by atoms with E-state index in [1.54, 1.807) is 34.6 Å². The van der Waals surface area contributed by atoms with Gasteiger partial charge in [0.1, 0.15) is 6.04 Å². The van der Waals surface area contributed by atoms with E-state index in [4.69, 9.17) is 4.74 Å². The van der Waals surface area contributed by atoms with Crippen LogP contribution in [0.3, 0.4) is 0 Å². The molecule has 0 unspecified atom stereocenters. The molecule has 0 saturated carbocycles. The van der Waals surface area contributed by atoms with E-state index >= 15 is 0 Å². The Balaban J connectivity index is 5.18. The van der Waals surface area contributed by atoms with Crippen LogP contribution in [-0.4, -0.2) is 33.2 Å². The molecule has 0 fully saturated rings. The molecule has 0 bridgehead atoms. The second-order valence-corrected chi connectivity index (χ2v) is 10.5. The van der Waals surface area contributed by atoms with Gasteiger partial charge in [-0.05, 0) is 41.0 Å². The lowest BCUT2D eigenvalue weighted by atomic mass is 9.93. The molecular formula is C20H38F3NO3S. The van der Waals surface area contributed by atoms with Crippen molar-refractivity contribution >= 4 is 17.0 Å². The van der Waals surface area contributed by atoms with Gasteiger partial charge in [0, 0.05) is 0 Å². The molecule has 0 rings (SSSR count). The highest BCUT2D eigenvalue weighted by atomic mass is 32.2. The Labute approximate surface area is 171 Å². The molecule has 8 heteroatoms. The third-order valence-corrected chi connectivity index (χ3v) is 5.90. The summed E-state index contributed by atoms with van der Waals surface area (Å²) in [7, 11) is -1.95. The lowest BCUT2D eigenvalue weighted by Crippen LogP contribution is -2.53. The Kier molecular flexibility index (Phi) is 12.5. The van der Waals surface area contributed by atoms with E-state index in [0.29, 0.717) is 6.42 Å². The predicted octanol–water partition coefficient (Wildman–Crippen LogP) is 5.68. The van der Waals surface area contributed by atoms with Crippen LogP contribution in [0.4, 0.5) is 13.2 Å². The first-order valence-electron chi connectivity index (χ1n) is 10.3. The van der Waals surface area contributed by atoms with E-state index in [-0.39, 0.29) is 6.42 Å². The van der Waals surface area contributed by atoms with Crippen LogP contribution in [-0.2, 0) is 20.5 Å². The molecule has 0 amide bonds. The highest BCUT2D eigenvalue weighted by Gasteiger charge is 2.49. The van der Waals surface area contributed by atoms with Gasteiger partial charge in [0.15, 0.2) is 0 Å². The summed E-state index contributed by atoms with van der Waals surface area (Å²) in [5, 5.41) is 0. The number of carbonyl (C=O) groups excluding carboxylic acids is 1. The van der Waals surface area contributed by atoms with Gasteiger partial charge in [0.05, 0.1) is 27.8 Å².